The smallest absolute Gasteiger partial charge is 0.336 e. The van der Waals surface area contributed by atoms with Gasteiger partial charge in [0, 0.05) is 38.9 Å². The monoisotopic (exact) mass is 662 g/mol. The molecule has 9 aromatic rings. The van der Waals surface area contributed by atoms with E-state index >= 15 is 0 Å². The molecule has 242 valence electrons. The number of benzene rings is 8. The largest absolute Gasteiger partial charge is 0.458 e. The van der Waals surface area contributed by atoms with Crippen molar-refractivity contribution in [3.05, 3.63) is 188 Å². The van der Waals surface area contributed by atoms with Gasteiger partial charge in [-0.2, -0.15) is 0 Å². The van der Waals surface area contributed by atoms with E-state index in [1.165, 1.54) is 60.8 Å². The number of fused-ring (bicyclic) bond motifs is 7. The highest BCUT2D eigenvalue weighted by Crippen LogP contribution is 2.46. The maximum Gasteiger partial charge on any atom is 0.336 e. The highest BCUT2D eigenvalue weighted by atomic mass is 16.5. The number of ether oxygens (including phenoxy) is 1. The minimum absolute atomic E-state index is 0.113. The first-order chi connectivity index (χ1) is 25.8. The van der Waals surface area contributed by atoms with Crippen molar-refractivity contribution in [1.29, 1.82) is 0 Å². The number of rotatable bonds is 4. The van der Waals surface area contributed by atoms with Crippen molar-refractivity contribution < 1.29 is 4.74 Å². The van der Waals surface area contributed by atoms with E-state index in [2.05, 4.69) is 197 Å². The van der Waals surface area contributed by atoms with Crippen LogP contribution in [0.3, 0.4) is 0 Å². The summed E-state index contributed by atoms with van der Waals surface area (Å²) in [5, 5.41) is 2.50. The van der Waals surface area contributed by atoms with Crippen LogP contribution in [0.2, 0.25) is 0 Å². The average Bonchev–Trinajstić information content (AvgIpc) is 3.56. The Kier molecular flexibility index (Phi) is 6.35. The van der Waals surface area contributed by atoms with Gasteiger partial charge in [0.2, 0.25) is 0 Å². The van der Waals surface area contributed by atoms with Gasteiger partial charge in [-0.25, -0.2) is 0 Å². The fraction of sp³-hybridized carbons (Fsp3) is 0. The van der Waals surface area contributed by atoms with Crippen molar-refractivity contribution in [2.24, 2.45) is 0 Å². The molecule has 0 N–H and O–H groups in total. The lowest BCUT2D eigenvalue weighted by Crippen LogP contribution is -2.59. The van der Waals surface area contributed by atoms with Crippen molar-refractivity contribution in [2.75, 3.05) is 4.81 Å². The Hall–Kier alpha value is -6.78. The van der Waals surface area contributed by atoms with Crippen LogP contribution in [0.25, 0.3) is 60.9 Å². The lowest BCUT2D eigenvalue weighted by Gasteiger charge is -2.42. The minimum atomic E-state index is -0.113. The van der Waals surface area contributed by atoms with Crippen LogP contribution in [0.15, 0.2) is 188 Å². The van der Waals surface area contributed by atoms with Gasteiger partial charge in [0.1, 0.15) is 11.5 Å². The molecule has 3 heterocycles. The van der Waals surface area contributed by atoms with Crippen LogP contribution in [0.1, 0.15) is 0 Å². The van der Waals surface area contributed by atoms with E-state index in [0.717, 1.165) is 33.9 Å². The van der Waals surface area contributed by atoms with Crippen LogP contribution in [-0.2, 0) is 0 Å². The lowest BCUT2D eigenvalue weighted by molar-refractivity contribution is 0.487. The Bertz CT molecular complexity index is 2790. The summed E-state index contributed by atoms with van der Waals surface area (Å²) in [6, 6.07) is 67.8. The van der Waals surface area contributed by atoms with E-state index in [0.29, 0.717) is 0 Å². The van der Waals surface area contributed by atoms with E-state index in [1.807, 2.05) is 0 Å². The zero-order chi connectivity index (χ0) is 34.2. The van der Waals surface area contributed by atoms with Crippen LogP contribution in [-0.4, -0.2) is 11.4 Å². The fourth-order valence-corrected chi connectivity index (χ4v) is 8.63. The number of anilines is 2. The van der Waals surface area contributed by atoms with Gasteiger partial charge in [-0.3, -0.25) is 0 Å². The predicted octanol–water partition coefficient (Wildman–Crippen LogP) is 11.1. The third-order valence-electron chi connectivity index (χ3n) is 10.8. The molecular weight excluding hydrogens is 631 g/mol. The Labute approximate surface area is 302 Å². The van der Waals surface area contributed by atoms with Gasteiger partial charge >= 0.3 is 6.85 Å². The summed E-state index contributed by atoms with van der Waals surface area (Å²) >= 11 is 0. The second-order valence-corrected chi connectivity index (χ2v) is 13.7. The standard InChI is InChI=1S/C48H31BN2O/c1-3-15-32(16-4-1)36-19-7-8-20-37(36)33-29-41-40-23-11-14-26-45(40)51(34-17-5-2-6-18-34)49-42-31-35(27-28-46(42)52-47(30-33)48(41)49)50-43-24-12-9-21-38(43)39-22-10-13-25-44(39)50/h1-31H. The molecule has 0 saturated carbocycles. The highest BCUT2D eigenvalue weighted by molar-refractivity contribution is 6.92. The SMILES string of the molecule is c1ccc(-c2ccccc2-c2cc3c4c(c2)-c2ccccc2N(c2ccccc2)B4c2cc(-n4c5ccccc5c5ccccc54)ccc2O3)cc1. The van der Waals surface area contributed by atoms with Crippen LogP contribution in [0, 0.1) is 0 Å². The van der Waals surface area contributed by atoms with Crippen LogP contribution >= 0.6 is 0 Å². The molecule has 0 fully saturated rings. The Morgan fingerprint density at radius 1 is 0.404 bits per heavy atom. The summed E-state index contributed by atoms with van der Waals surface area (Å²) in [6.45, 7) is -0.113. The first-order valence-corrected chi connectivity index (χ1v) is 17.9. The predicted molar refractivity (Wildman–Crippen MR) is 217 cm³/mol. The normalized spacial score (nSPS) is 12.7. The maximum absolute atomic E-state index is 7.04. The second kappa shape index (κ2) is 11.4. The van der Waals surface area contributed by atoms with E-state index in [4.69, 9.17) is 4.74 Å². The first-order valence-electron chi connectivity index (χ1n) is 17.9. The van der Waals surface area contributed by atoms with Crippen molar-refractivity contribution >= 4 is 51.0 Å². The third-order valence-corrected chi connectivity index (χ3v) is 10.8. The van der Waals surface area contributed by atoms with Gasteiger partial charge in [0.25, 0.3) is 0 Å². The average molecular weight is 663 g/mol. The molecule has 0 saturated heterocycles. The summed E-state index contributed by atoms with van der Waals surface area (Å²) in [6.07, 6.45) is 0. The molecule has 0 bridgehead atoms. The number of para-hydroxylation sites is 4. The summed E-state index contributed by atoms with van der Waals surface area (Å²) < 4.78 is 9.44. The molecule has 0 unspecified atom stereocenters. The van der Waals surface area contributed by atoms with Gasteiger partial charge in [-0.1, -0.05) is 127 Å². The molecule has 4 heteroatoms. The zero-order valence-corrected chi connectivity index (χ0v) is 28.3. The summed E-state index contributed by atoms with van der Waals surface area (Å²) in [5.41, 5.74) is 15.3. The van der Waals surface area contributed by atoms with Crippen molar-refractivity contribution in [3.63, 3.8) is 0 Å². The van der Waals surface area contributed by atoms with Gasteiger partial charge in [-0.15, -0.1) is 0 Å². The third kappa shape index (κ3) is 4.28. The van der Waals surface area contributed by atoms with Crippen LogP contribution < -0.4 is 20.5 Å². The molecule has 1 aromatic heterocycles. The van der Waals surface area contributed by atoms with Crippen LogP contribution in [0.5, 0.6) is 11.5 Å². The van der Waals surface area contributed by atoms with E-state index < -0.39 is 0 Å². The summed E-state index contributed by atoms with van der Waals surface area (Å²) in [7, 11) is 0. The van der Waals surface area contributed by atoms with E-state index in [9.17, 15) is 0 Å². The Balaban J connectivity index is 1.18. The van der Waals surface area contributed by atoms with E-state index in [-0.39, 0.29) is 6.85 Å². The molecule has 0 atom stereocenters. The molecule has 0 amide bonds. The van der Waals surface area contributed by atoms with Crippen molar-refractivity contribution in [2.45, 2.75) is 0 Å². The molecule has 52 heavy (non-hydrogen) atoms. The highest BCUT2D eigenvalue weighted by Gasteiger charge is 2.44. The van der Waals surface area contributed by atoms with Gasteiger partial charge in [-0.05, 0) is 93.9 Å². The number of nitrogens with zero attached hydrogens (tertiary/aromatic N) is 2. The van der Waals surface area contributed by atoms with Gasteiger partial charge < -0.3 is 14.1 Å². The van der Waals surface area contributed by atoms with Crippen molar-refractivity contribution in [3.8, 4) is 50.6 Å². The Morgan fingerprint density at radius 2 is 1.00 bits per heavy atom. The maximum atomic E-state index is 7.04. The quantitative estimate of drug-likeness (QED) is 0.175. The molecule has 8 aromatic carbocycles. The summed E-state index contributed by atoms with van der Waals surface area (Å²) in [5.74, 6) is 1.77. The molecule has 0 aliphatic carbocycles. The van der Waals surface area contributed by atoms with Crippen LogP contribution in [0.4, 0.5) is 11.4 Å². The minimum Gasteiger partial charge on any atom is -0.458 e. The Morgan fingerprint density at radius 3 is 1.73 bits per heavy atom. The number of aromatic nitrogens is 1. The first kappa shape index (κ1) is 29.0. The van der Waals surface area contributed by atoms with Crippen molar-refractivity contribution in [1.82, 2.24) is 4.57 Å². The molecule has 11 rings (SSSR count). The molecule has 2 aliphatic heterocycles. The van der Waals surface area contributed by atoms with E-state index in [1.54, 1.807) is 0 Å². The molecule has 3 nitrogen and oxygen atoms in total. The summed E-state index contributed by atoms with van der Waals surface area (Å²) in [4.78, 5) is 2.51. The molecule has 0 spiro atoms. The topological polar surface area (TPSA) is 17.4 Å². The number of hydrogen-bond acceptors (Lipinski definition) is 2. The molecule has 2 aliphatic rings. The second-order valence-electron chi connectivity index (χ2n) is 13.7. The fourth-order valence-electron chi connectivity index (χ4n) is 8.63. The lowest BCUT2D eigenvalue weighted by atomic mass is 9.44. The molecular formula is C48H31BN2O. The molecule has 0 radical (unpaired) electrons. The van der Waals surface area contributed by atoms with Gasteiger partial charge in [0.05, 0.1) is 11.0 Å². The zero-order valence-electron chi connectivity index (χ0n) is 28.3. The number of hydrogen-bond donors (Lipinski definition) is 0. The van der Waals surface area contributed by atoms with Gasteiger partial charge in [0.15, 0.2) is 0 Å².